The summed E-state index contributed by atoms with van der Waals surface area (Å²) < 4.78 is 5.21. The molecule has 0 bridgehead atoms. The van der Waals surface area contributed by atoms with E-state index in [1.807, 2.05) is 13.8 Å². The average molecular weight is 168 g/mol. The molecule has 1 aliphatic rings. The summed E-state index contributed by atoms with van der Waals surface area (Å²) in [6, 6.07) is 0. The number of ether oxygens (including phenoxy) is 1. The maximum atomic E-state index is 11.1. The molecule has 0 unspecified atom stereocenters. The Hall–Kier alpha value is -0.790. The van der Waals surface area contributed by atoms with Crippen molar-refractivity contribution in [2.24, 2.45) is 0 Å². The quantitative estimate of drug-likeness (QED) is 0.467. The standard InChI is InChI=1S/C10H16O2/c1-8(2)7-10(11)12-9-5-3-4-6-9/h7,9H,3-6H2,1-2H3. The molecule has 0 aromatic carbocycles. The summed E-state index contributed by atoms with van der Waals surface area (Å²) in [5, 5.41) is 0. The van der Waals surface area contributed by atoms with E-state index >= 15 is 0 Å². The van der Waals surface area contributed by atoms with E-state index in [0.717, 1.165) is 18.4 Å². The van der Waals surface area contributed by atoms with Crippen molar-refractivity contribution in [1.29, 1.82) is 0 Å². The van der Waals surface area contributed by atoms with Crippen LogP contribution in [0.25, 0.3) is 0 Å². The molecule has 0 aromatic rings. The monoisotopic (exact) mass is 168 g/mol. The molecule has 1 aliphatic carbocycles. The van der Waals surface area contributed by atoms with Crippen molar-refractivity contribution in [3.05, 3.63) is 11.6 Å². The first kappa shape index (κ1) is 9.30. The Labute approximate surface area is 73.6 Å². The van der Waals surface area contributed by atoms with Gasteiger partial charge >= 0.3 is 5.97 Å². The third-order valence-corrected chi connectivity index (χ3v) is 1.99. The Kier molecular flexibility index (Phi) is 3.32. The maximum absolute atomic E-state index is 11.1. The highest BCUT2D eigenvalue weighted by molar-refractivity contribution is 5.82. The first-order valence-electron chi connectivity index (χ1n) is 4.54. The smallest absolute Gasteiger partial charge is 0.330 e. The highest BCUT2D eigenvalue weighted by Gasteiger charge is 2.17. The summed E-state index contributed by atoms with van der Waals surface area (Å²) in [4.78, 5) is 11.1. The van der Waals surface area contributed by atoms with Crippen molar-refractivity contribution in [1.82, 2.24) is 0 Å². The number of allylic oxidation sites excluding steroid dienone is 1. The zero-order valence-electron chi connectivity index (χ0n) is 7.80. The Morgan fingerprint density at radius 1 is 1.33 bits per heavy atom. The van der Waals surface area contributed by atoms with Crippen LogP contribution in [0.1, 0.15) is 39.5 Å². The fourth-order valence-electron chi connectivity index (χ4n) is 1.44. The van der Waals surface area contributed by atoms with Crippen molar-refractivity contribution in [2.75, 3.05) is 0 Å². The van der Waals surface area contributed by atoms with Gasteiger partial charge in [0.05, 0.1) is 0 Å². The van der Waals surface area contributed by atoms with E-state index in [2.05, 4.69) is 0 Å². The van der Waals surface area contributed by atoms with Crippen molar-refractivity contribution >= 4 is 5.97 Å². The van der Waals surface area contributed by atoms with E-state index in [1.54, 1.807) is 6.08 Å². The van der Waals surface area contributed by atoms with Crippen molar-refractivity contribution in [3.63, 3.8) is 0 Å². The molecule has 0 radical (unpaired) electrons. The first-order chi connectivity index (χ1) is 5.68. The second-order valence-electron chi connectivity index (χ2n) is 3.57. The summed E-state index contributed by atoms with van der Waals surface area (Å²) in [6.45, 7) is 3.80. The van der Waals surface area contributed by atoms with Gasteiger partial charge < -0.3 is 4.74 Å². The van der Waals surface area contributed by atoms with E-state index in [1.165, 1.54) is 12.8 Å². The van der Waals surface area contributed by atoms with Gasteiger partial charge in [0.15, 0.2) is 0 Å². The number of carbonyl (C=O) groups is 1. The van der Waals surface area contributed by atoms with Gasteiger partial charge in [0, 0.05) is 6.08 Å². The molecule has 12 heavy (non-hydrogen) atoms. The maximum Gasteiger partial charge on any atom is 0.330 e. The second-order valence-corrected chi connectivity index (χ2v) is 3.57. The summed E-state index contributed by atoms with van der Waals surface area (Å²) in [7, 11) is 0. The highest BCUT2D eigenvalue weighted by Crippen LogP contribution is 2.21. The third-order valence-electron chi connectivity index (χ3n) is 1.99. The Bertz CT molecular complexity index is 184. The lowest BCUT2D eigenvalue weighted by Gasteiger charge is -2.08. The zero-order chi connectivity index (χ0) is 8.97. The molecule has 1 fully saturated rings. The molecule has 0 aliphatic heterocycles. The van der Waals surface area contributed by atoms with E-state index < -0.39 is 0 Å². The number of rotatable bonds is 2. The molecular formula is C10H16O2. The van der Waals surface area contributed by atoms with Gasteiger partial charge in [0.2, 0.25) is 0 Å². The number of carbonyl (C=O) groups excluding carboxylic acids is 1. The Balaban J connectivity index is 2.30. The normalized spacial score (nSPS) is 17.5. The van der Waals surface area contributed by atoms with E-state index in [4.69, 9.17) is 4.74 Å². The van der Waals surface area contributed by atoms with Crippen LogP contribution in [-0.2, 0) is 9.53 Å². The predicted octanol–water partition coefficient (Wildman–Crippen LogP) is 2.44. The first-order valence-corrected chi connectivity index (χ1v) is 4.54. The molecule has 0 spiro atoms. The van der Waals surface area contributed by atoms with Crippen LogP contribution < -0.4 is 0 Å². The van der Waals surface area contributed by atoms with Crippen LogP contribution in [-0.4, -0.2) is 12.1 Å². The molecule has 2 heteroatoms. The molecule has 1 saturated carbocycles. The lowest BCUT2D eigenvalue weighted by atomic mass is 10.3. The van der Waals surface area contributed by atoms with Crippen LogP contribution >= 0.6 is 0 Å². The van der Waals surface area contributed by atoms with Crippen LogP contribution in [0.5, 0.6) is 0 Å². The van der Waals surface area contributed by atoms with Gasteiger partial charge in [-0.2, -0.15) is 0 Å². The number of hydrogen-bond acceptors (Lipinski definition) is 2. The van der Waals surface area contributed by atoms with Crippen LogP contribution in [0.2, 0.25) is 0 Å². The molecule has 0 atom stereocenters. The summed E-state index contributed by atoms with van der Waals surface area (Å²) in [6.07, 6.45) is 6.23. The molecular weight excluding hydrogens is 152 g/mol. The summed E-state index contributed by atoms with van der Waals surface area (Å²) >= 11 is 0. The van der Waals surface area contributed by atoms with Crippen LogP contribution in [0, 0.1) is 0 Å². The van der Waals surface area contributed by atoms with Gasteiger partial charge in [-0.15, -0.1) is 0 Å². The van der Waals surface area contributed by atoms with Crippen LogP contribution in [0.15, 0.2) is 11.6 Å². The summed E-state index contributed by atoms with van der Waals surface area (Å²) in [5.41, 5.74) is 0.998. The van der Waals surface area contributed by atoms with Crippen LogP contribution in [0.3, 0.4) is 0 Å². The lowest BCUT2D eigenvalue weighted by Crippen LogP contribution is -2.12. The van der Waals surface area contributed by atoms with Gasteiger partial charge in [-0.3, -0.25) is 0 Å². The van der Waals surface area contributed by atoms with Gasteiger partial charge in [-0.1, -0.05) is 5.57 Å². The predicted molar refractivity (Wildman–Crippen MR) is 47.8 cm³/mol. The molecule has 0 N–H and O–H groups in total. The van der Waals surface area contributed by atoms with Gasteiger partial charge in [0.25, 0.3) is 0 Å². The van der Waals surface area contributed by atoms with Crippen LogP contribution in [0.4, 0.5) is 0 Å². The van der Waals surface area contributed by atoms with E-state index in [9.17, 15) is 4.79 Å². The van der Waals surface area contributed by atoms with Crippen molar-refractivity contribution in [3.8, 4) is 0 Å². The number of hydrogen-bond donors (Lipinski definition) is 0. The van der Waals surface area contributed by atoms with Gasteiger partial charge in [-0.25, -0.2) is 4.79 Å². The summed E-state index contributed by atoms with van der Waals surface area (Å²) in [5.74, 6) is -0.179. The largest absolute Gasteiger partial charge is 0.459 e. The molecule has 0 aromatic heterocycles. The molecule has 0 amide bonds. The third kappa shape index (κ3) is 3.07. The molecule has 1 rings (SSSR count). The Morgan fingerprint density at radius 3 is 2.42 bits per heavy atom. The zero-order valence-corrected chi connectivity index (χ0v) is 7.80. The van der Waals surface area contributed by atoms with Crippen molar-refractivity contribution < 1.29 is 9.53 Å². The molecule has 2 nitrogen and oxygen atoms in total. The fourth-order valence-corrected chi connectivity index (χ4v) is 1.44. The SMILES string of the molecule is CC(C)=CC(=O)OC1CCCC1. The molecule has 0 saturated heterocycles. The fraction of sp³-hybridized carbons (Fsp3) is 0.700. The topological polar surface area (TPSA) is 26.3 Å². The van der Waals surface area contributed by atoms with Gasteiger partial charge in [0.1, 0.15) is 6.10 Å². The van der Waals surface area contributed by atoms with Gasteiger partial charge in [-0.05, 0) is 39.5 Å². The average Bonchev–Trinajstić information content (AvgIpc) is 2.37. The Morgan fingerprint density at radius 2 is 1.92 bits per heavy atom. The highest BCUT2D eigenvalue weighted by atomic mass is 16.5. The minimum absolute atomic E-state index is 0.179. The second kappa shape index (κ2) is 4.29. The van der Waals surface area contributed by atoms with Crippen molar-refractivity contribution in [2.45, 2.75) is 45.6 Å². The minimum Gasteiger partial charge on any atom is -0.459 e. The lowest BCUT2D eigenvalue weighted by molar-refractivity contribution is -0.142. The van der Waals surface area contributed by atoms with E-state index in [-0.39, 0.29) is 12.1 Å². The molecule has 0 heterocycles. The number of esters is 1. The minimum atomic E-state index is -0.179. The molecule has 68 valence electrons. The van der Waals surface area contributed by atoms with E-state index in [0.29, 0.717) is 0 Å².